The molecule has 0 saturated heterocycles. The van der Waals surface area contributed by atoms with Crippen LogP contribution >= 0.6 is 11.8 Å². The van der Waals surface area contributed by atoms with Gasteiger partial charge in [0.2, 0.25) is 5.91 Å². The number of nitrogens with one attached hydrogen (secondary N) is 2. The number of thioether (sulfide) groups is 1. The van der Waals surface area contributed by atoms with Crippen LogP contribution in [0.3, 0.4) is 0 Å². The van der Waals surface area contributed by atoms with E-state index in [1.165, 1.54) is 30.0 Å². The van der Waals surface area contributed by atoms with Crippen LogP contribution in [0.1, 0.15) is 23.2 Å². The Bertz CT molecular complexity index is 755. The van der Waals surface area contributed by atoms with E-state index in [4.69, 9.17) is 0 Å². The highest BCUT2D eigenvalue weighted by Gasteiger charge is 2.06. The van der Waals surface area contributed by atoms with Gasteiger partial charge in [-0.25, -0.2) is 4.39 Å². The number of carbonyl (C=O) groups is 2. The summed E-state index contributed by atoms with van der Waals surface area (Å²) in [4.78, 5) is 24.1. The summed E-state index contributed by atoms with van der Waals surface area (Å²) in [5, 5.41) is 14.8. The van der Waals surface area contributed by atoms with Crippen LogP contribution in [0.25, 0.3) is 0 Å². The van der Waals surface area contributed by atoms with E-state index in [0.717, 1.165) is 0 Å². The topological polar surface area (TPSA) is 78.4 Å². The molecule has 0 aromatic heterocycles. The SMILES string of the molecule is O=C(CCSc1ccccc1F)NCCCNC(=O)c1cccc(O)c1. The first kappa shape index (κ1) is 19.8. The van der Waals surface area contributed by atoms with E-state index in [9.17, 15) is 19.1 Å². The average molecular weight is 376 g/mol. The first-order valence-corrected chi connectivity index (χ1v) is 9.26. The van der Waals surface area contributed by atoms with Gasteiger partial charge in [-0.3, -0.25) is 9.59 Å². The summed E-state index contributed by atoms with van der Waals surface area (Å²) in [5.74, 6) is -0.110. The minimum Gasteiger partial charge on any atom is -0.508 e. The lowest BCUT2D eigenvalue weighted by Crippen LogP contribution is -2.30. The highest BCUT2D eigenvalue weighted by atomic mass is 32.2. The molecule has 2 aromatic rings. The summed E-state index contributed by atoms with van der Waals surface area (Å²) in [6, 6.07) is 12.6. The molecule has 0 atom stereocenters. The van der Waals surface area contributed by atoms with Crippen LogP contribution in [0, 0.1) is 5.82 Å². The Morgan fingerprint density at radius 1 is 1.04 bits per heavy atom. The first-order valence-electron chi connectivity index (χ1n) is 8.27. The molecular weight excluding hydrogens is 355 g/mol. The van der Waals surface area contributed by atoms with Gasteiger partial charge in [-0.15, -0.1) is 11.8 Å². The van der Waals surface area contributed by atoms with Gasteiger partial charge < -0.3 is 15.7 Å². The van der Waals surface area contributed by atoms with Crippen molar-refractivity contribution in [1.29, 1.82) is 0 Å². The molecular formula is C19H21FN2O3S. The number of hydrogen-bond donors (Lipinski definition) is 3. The lowest BCUT2D eigenvalue weighted by Gasteiger charge is -2.07. The molecule has 0 radical (unpaired) electrons. The number of phenolic OH excluding ortho intramolecular Hbond substituents is 1. The lowest BCUT2D eigenvalue weighted by atomic mass is 10.2. The highest BCUT2D eigenvalue weighted by molar-refractivity contribution is 7.99. The number of rotatable bonds is 9. The summed E-state index contributed by atoms with van der Waals surface area (Å²) < 4.78 is 13.4. The quantitative estimate of drug-likeness (QED) is 0.464. The van der Waals surface area contributed by atoms with Gasteiger partial charge in [-0.1, -0.05) is 18.2 Å². The normalized spacial score (nSPS) is 10.3. The Kier molecular flexibility index (Phi) is 7.95. The molecule has 0 unspecified atom stereocenters. The molecule has 0 aliphatic rings. The molecule has 2 amide bonds. The fraction of sp³-hybridized carbons (Fsp3) is 0.263. The summed E-state index contributed by atoms with van der Waals surface area (Å²) in [6.45, 7) is 0.863. The monoisotopic (exact) mass is 376 g/mol. The van der Waals surface area contributed by atoms with Crippen LogP contribution < -0.4 is 10.6 Å². The van der Waals surface area contributed by atoms with E-state index in [0.29, 0.717) is 42.1 Å². The molecule has 0 heterocycles. The number of halogens is 1. The van der Waals surface area contributed by atoms with Crippen molar-refractivity contribution in [2.75, 3.05) is 18.8 Å². The van der Waals surface area contributed by atoms with Gasteiger partial charge in [0, 0.05) is 35.7 Å². The van der Waals surface area contributed by atoms with Crippen molar-refractivity contribution in [3.63, 3.8) is 0 Å². The van der Waals surface area contributed by atoms with Gasteiger partial charge in [-0.2, -0.15) is 0 Å². The van der Waals surface area contributed by atoms with Gasteiger partial charge in [0.1, 0.15) is 11.6 Å². The van der Waals surface area contributed by atoms with E-state index in [1.54, 1.807) is 30.3 Å². The van der Waals surface area contributed by atoms with E-state index in [-0.39, 0.29) is 23.4 Å². The Morgan fingerprint density at radius 2 is 1.81 bits per heavy atom. The molecule has 0 fully saturated rings. The van der Waals surface area contributed by atoms with Crippen molar-refractivity contribution in [2.24, 2.45) is 0 Å². The largest absolute Gasteiger partial charge is 0.508 e. The van der Waals surface area contributed by atoms with Crippen molar-refractivity contribution in [3.8, 4) is 5.75 Å². The number of amides is 2. The standard InChI is InChI=1S/C19H21FN2O3S/c20-16-7-1-2-8-17(16)26-12-9-18(24)21-10-4-11-22-19(25)14-5-3-6-15(23)13-14/h1-3,5-8,13,23H,4,9-12H2,(H,21,24)(H,22,25). The van der Waals surface area contributed by atoms with E-state index in [2.05, 4.69) is 10.6 Å². The second-order valence-corrected chi connectivity index (χ2v) is 6.68. The smallest absolute Gasteiger partial charge is 0.251 e. The summed E-state index contributed by atoms with van der Waals surface area (Å²) in [6.07, 6.45) is 0.894. The summed E-state index contributed by atoms with van der Waals surface area (Å²) in [5.41, 5.74) is 0.388. The molecule has 26 heavy (non-hydrogen) atoms. The third-order valence-corrected chi connectivity index (χ3v) is 4.54. The molecule has 0 bridgehead atoms. The van der Waals surface area contributed by atoms with Crippen LogP contribution in [0.4, 0.5) is 4.39 Å². The van der Waals surface area contributed by atoms with E-state index < -0.39 is 0 Å². The predicted molar refractivity (Wildman–Crippen MR) is 99.8 cm³/mol. The van der Waals surface area contributed by atoms with Crippen LogP contribution in [0.15, 0.2) is 53.4 Å². The Labute approximate surface area is 156 Å². The van der Waals surface area contributed by atoms with Gasteiger partial charge in [0.15, 0.2) is 0 Å². The number of aromatic hydroxyl groups is 1. The van der Waals surface area contributed by atoms with Gasteiger partial charge in [0.25, 0.3) is 5.91 Å². The maximum atomic E-state index is 13.4. The van der Waals surface area contributed by atoms with Gasteiger partial charge in [0.05, 0.1) is 0 Å². The molecule has 0 spiro atoms. The van der Waals surface area contributed by atoms with Crippen LogP contribution in [0.2, 0.25) is 0 Å². The van der Waals surface area contributed by atoms with Crippen LogP contribution in [-0.2, 0) is 4.79 Å². The lowest BCUT2D eigenvalue weighted by molar-refractivity contribution is -0.120. The molecule has 7 heteroatoms. The zero-order valence-electron chi connectivity index (χ0n) is 14.2. The average Bonchev–Trinajstić information content (AvgIpc) is 2.63. The Hall–Kier alpha value is -2.54. The fourth-order valence-electron chi connectivity index (χ4n) is 2.17. The van der Waals surface area contributed by atoms with Gasteiger partial charge >= 0.3 is 0 Å². The summed E-state index contributed by atoms with van der Waals surface area (Å²) >= 11 is 1.31. The maximum absolute atomic E-state index is 13.4. The van der Waals surface area contributed by atoms with Crippen LogP contribution in [-0.4, -0.2) is 35.8 Å². The van der Waals surface area contributed by atoms with Crippen LogP contribution in [0.5, 0.6) is 5.75 Å². The maximum Gasteiger partial charge on any atom is 0.251 e. The molecule has 2 rings (SSSR count). The first-order chi connectivity index (χ1) is 12.6. The molecule has 138 valence electrons. The van der Waals surface area contributed by atoms with Crippen molar-refractivity contribution >= 4 is 23.6 Å². The number of benzene rings is 2. The molecule has 5 nitrogen and oxygen atoms in total. The van der Waals surface area contributed by atoms with Crippen molar-refractivity contribution in [3.05, 3.63) is 59.9 Å². The predicted octanol–water partition coefficient (Wildman–Crippen LogP) is 2.95. The number of carbonyl (C=O) groups excluding carboxylic acids is 2. The fourth-order valence-corrected chi connectivity index (χ4v) is 3.06. The van der Waals surface area contributed by atoms with Crippen molar-refractivity contribution in [2.45, 2.75) is 17.7 Å². The zero-order chi connectivity index (χ0) is 18.8. The molecule has 3 N–H and O–H groups in total. The summed E-state index contributed by atoms with van der Waals surface area (Å²) in [7, 11) is 0. The third-order valence-electron chi connectivity index (χ3n) is 3.49. The van der Waals surface area contributed by atoms with Gasteiger partial charge in [-0.05, 0) is 36.8 Å². The minimum absolute atomic E-state index is 0.0400. The third kappa shape index (κ3) is 6.76. The zero-order valence-corrected chi connectivity index (χ0v) is 15.0. The molecule has 0 aliphatic carbocycles. The second-order valence-electron chi connectivity index (χ2n) is 5.54. The molecule has 0 aliphatic heterocycles. The number of phenols is 1. The van der Waals surface area contributed by atoms with E-state index in [1.807, 2.05) is 0 Å². The molecule has 2 aromatic carbocycles. The minimum atomic E-state index is -0.277. The Morgan fingerprint density at radius 3 is 2.58 bits per heavy atom. The van der Waals surface area contributed by atoms with Crippen molar-refractivity contribution in [1.82, 2.24) is 10.6 Å². The van der Waals surface area contributed by atoms with E-state index >= 15 is 0 Å². The second kappa shape index (κ2) is 10.5. The Balaban J connectivity index is 1.56. The van der Waals surface area contributed by atoms with Crippen molar-refractivity contribution < 1.29 is 19.1 Å². The number of hydrogen-bond acceptors (Lipinski definition) is 4. The molecule has 0 saturated carbocycles. The highest BCUT2D eigenvalue weighted by Crippen LogP contribution is 2.21.